The Morgan fingerprint density at radius 3 is 2.31 bits per heavy atom. The minimum Gasteiger partial charge on any atom is -0.366 e. The number of nitrogens with zero attached hydrogens (tertiary/aromatic N) is 2. The summed E-state index contributed by atoms with van der Waals surface area (Å²) in [5.41, 5.74) is 9.03. The molecule has 1 aliphatic carbocycles. The predicted molar refractivity (Wildman–Crippen MR) is 139 cm³/mol. The van der Waals surface area contributed by atoms with Gasteiger partial charge in [-0.15, -0.1) is 0 Å². The second kappa shape index (κ2) is 9.68. The summed E-state index contributed by atoms with van der Waals surface area (Å²) in [7, 11) is 0. The molecule has 2 atom stereocenters. The maximum atomic E-state index is 13.3. The first-order valence-electron chi connectivity index (χ1n) is 13.2. The van der Waals surface area contributed by atoms with Gasteiger partial charge in [0.15, 0.2) is 5.78 Å². The Bertz CT molecular complexity index is 1170. The number of aromatic nitrogens is 1. The maximum absolute atomic E-state index is 13.3. The number of benzene rings is 1. The van der Waals surface area contributed by atoms with Gasteiger partial charge in [-0.2, -0.15) is 0 Å². The molecule has 7 heteroatoms. The van der Waals surface area contributed by atoms with Crippen molar-refractivity contribution in [2.75, 3.05) is 4.90 Å². The van der Waals surface area contributed by atoms with Gasteiger partial charge in [0.05, 0.1) is 0 Å². The van der Waals surface area contributed by atoms with Gasteiger partial charge in [-0.3, -0.25) is 14.4 Å². The molecular formula is C29H36N4O3. The summed E-state index contributed by atoms with van der Waals surface area (Å²) < 4.78 is 0. The Morgan fingerprint density at radius 2 is 1.75 bits per heavy atom. The van der Waals surface area contributed by atoms with Crippen LogP contribution in [-0.4, -0.2) is 40.7 Å². The summed E-state index contributed by atoms with van der Waals surface area (Å²) in [6.45, 7) is 6.03. The number of hydrogen-bond donors (Lipinski definition) is 2. The molecule has 2 bridgehead atoms. The lowest BCUT2D eigenvalue weighted by atomic mass is 9.92. The van der Waals surface area contributed by atoms with Gasteiger partial charge < -0.3 is 16.0 Å². The van der Waals surface area contributed by atoms with Crippen molar-refractivity contribution in [1.29, 1.82) is 0 Å². The van der Waals surface area contributed by atoms with Crippen LogP contribution < -0.4 is 16.0 Å². The minimum atomic E-state index is -0.455. The number of ketones is 1. The lowest BCUT2D eigenvalue weighted by Crippen LogP contribution is -2.50. The number of carbonyl (C=O) groups excluding carboxylic acids is 3. The molecule has 3 heterocycles. The fraction of sp³-hybridized carbons (Fsp3) is 0.517. The SMILES string of the molecule is Cc1cc(C(N)=O)c(CC(C)C)cc1C(=O)NC1CC2CCC(C1)N2c1ccc(C(=O)C2CC2)cn1. The lowest BCUT2D eigenvalue weighted by molar-refractivity contribution is 0.0923. The van der Waals surface area contributed by atoms with Crippen LogP contribution in [0.15, 0.2) is 30.5 Å². The van der Waals surface area contributed by atoms with Gasteiger partial charge >= 0.3 is 0 Å². The molecule has 36 heavy (non-hydrogen) atoms. The van der Waals surface area contributed by atoms with E-state index in [2.05, 4.69) is 29.0 Å². The number of anilines is 1. The molecule has 3 fully saturated rings. The van der Waals surface area contributed by atoms with Crippen LogP contribution in [0.1, 0.15) is 94.6 Å². The Hall–Kier alpha value is -3.22. The third kappa shape index (κ3) is 4.88. The second-order valence-electron chi connectivity index (χ2n) is 11.3. The van der Waals surface area contributed by atoms with Crippen LogP contribution in [0, 0.1) is 18.8 Å². The number of fused-ring (bicyclic) bond motifs is 2. The summed E-state index contributed by atoms with van der Waals surface area (Å²) in [4.78, 5) is 44.7. The number of aryl methyl sites for hydroxylation is 1. The Labute approximate surface area is 212 Å². The number of hydrogen-bond acceptors (Lipinski definition) is 5. The number of primary amides is 1. The fourth-order valence-electron chi connectivity index (χ4n) is 6.03. The van der Waals surface area contributed by atoms with Crippen molar-refractivity contribution in [3.63, 3.8) is 0 Å². The molecule has 0 spiro atoms. The summed E-state index contributed by atoms with van der Waals surface area (Å²) in [5, 5.41) is 3.27. The van der Waals surface area contributed by atoms with Gasteiger partial charge in [0, 0.05) is 46.9 Å². The van der Waals surface area contributed by atoms with Gasteiger partial charge in [-0.05, 0) is 93.2 Å². The van der Waals surface area contributed by atoms with E-state index in [-0.39, 0.29) is 23.7 Å². The third-order valence-corrected chi connectivity index (χ3v) is 7.90. The first kappa shape index (κ1) is 24.5. The zero-order valence-corrected chi connectivity index (χ0v) is 21.4. The molecule has 3 N–H and O–H groups in total. The van der Waals surface area contributed by atoms with Gasteiger partial charge in [0.25, 0.3) is 5.91 Å². The van der Waals surface area contributed by atoms with E-state index in [1.807, 2.05) is 25.1 Å². The molecule has 3 aliphatic rings. The van der Waals surface area contributed by atoms with Gasteiger partial charge in [0.1, 0.15) is 5.82 Å². The van der Waals surface area contributed by atoms with E-state index >= 15 is 0 Å². The first-order chi connectivity index (χ1) is 17.2. The van der Waals surface area contributed by atoms with Crippen LogP contribution in [0.3, 0.4) is 0 Å². The van der Waals surface area contributed by atoms with Crippen LogP contribution in [0.25, 0.3) is 0 Å². The van der Waals surface area contributed by atoms with E-state index in [1.54, 1.807) is 12.3 Å². The van der Waals surface area contributed by atoms with E-state index in [1.165, 1.54) is 0 Å². The molecule has 2 aromatic rings. The molecular weight excluding hydrogens is 452 g/mol. The number of nitrogens with one attached hydrogen (secondary N) is 1. The molecule has 1 aromatic heterocycles. The van der Waals surface area contributed by atoms with Crippen LogP contribution >= 0.6 is 0 Å². The van der Waals surface area contributed by atoms with Crippen molar-refractivity contribution in [2.45, 2.75) is 83.8 Å². The van der Waals surface area contributed by atoms with Crippen molar-refractivity contribution in [1.82, 2.24) is 10.3 Å². The molecule has 2 amide bonds. The summed E-state index contributed by atoms with van der Waals surface area (Å²) in [6, 6.07) is 8.24. The van der Waals surface area contributed by atoms with E-state index in [0.717, 1.165) is 55.5 Å². The van der Waals surface area contributed by atoms with Crippen LogP contribution in [-0.2, 0) is 6.42 Å². The molecule has 2 unspecified atom stereocenters. The van der Waals surface area contributed by atoms with Crippen LogP contribution in [0.2, 0.25) is 0 Å². The highest BCUT2D eigenvalue weighted by molar-refractivity contribution is 6.00. The number of pyridine rings is 1. The average Bonchev–Trinajstić information content (AvgIpc) is 3.64. The van der Waals surface area contributed by atoms with Crippen LogP contribution in [0.5, 0.6) is 0 Å². The summed E-state index contributed by atoms with van der Waals surface area (Å²) >= 11 is 0. The smallest absolute Gasteiger partial charge is 0.251 e. The third-order valence-electron chi connectivity index (χ3n) is 7.90. The van der Waals surface area contributed by atoms with Crippen molar-refractivity contribution >= 4 is 23.4 Å². The molecule has 1 aromatic carbocycles. The Morgan fingerprint density at radius 1 is 1.06 bits per heavy atom. The topological polar surface area (TPSA) is 105 Å². The van der Waals surface area contributed by atoms with E-state index in [4.69, 9.17) is 5.73 Å². The monoisotopic (exact) mass is 488 g/mol. The number of amides is 2. The fourth-order valence-corrected chi connectivity index (χ4v) is 6.03. The average molecular weight is 489 g/mol. The number of Topliss-reactive ketones (excluding diaryl/α,β-unsaturated/α-hetero) is 1. The normalized spacial score (nSPS) is 23.1. The highest BCUT2D eigenvalue weighted by Gasteiger charge is 2.42. The van der Waals surface area contributed by atoms with Crippen molar-refractivity contribution < 1.29 is 14.4 Å². The van der Waals surface area contributed by atoms with Gasteiger partial charge in [-0.1, -0.05) is 13.8 Å². The molecule has 7 nitrogen and oxygen atoms in total. The van der Waals surface area contributed by atoms with Crippen molar-refractivity contribution in [3.8, 4) is 0 Å². The lowest BCUT2D eigenvalue weighted by Gasteiger charge is -2.40. The zero-order chi connectivity index (χ0) is 25.6. The number of piperidine rings is 1. The van der Waals surface area contributed by atoms with Crippen molar-refractivity contribution in [2.24, 2.45) is 17.6 Å². The van der Waals surface area contributed by atoms with Gasteiger partial charge in [0.2, 0.25) is 5.91 Å². The predicted octanol–water partition coefficient (Wildman–Crippen LogP) is 4.21. The summed E-state index contributed by atoms with van der Waals surface area (Å²) in [5.74, 6) is 1.14. The molecule has 5 rings (SSSR count). The number of rotatable bonds is 8. The highest BCUT2D eigenvalue weighted by Crippen LogP contribution is 2.39. The maximum Gasteiger partial charge on any atom is 0.251 e. The van der Waals surface area contributed by atoms with E-state index in [0.29, 0.717) is 41.1 Å². The Kier molecular flexibility index (Phi) is 6.58. The zero-order valence-electron chi connectivity index (χ0n) is 21.4. The molecule has 2 saturated heterocycles. The number of carbonyl (C=O) groups is 3. The molecule has 2 aliphatic heterocycles. The highest BCUT2D eigenvalue weighted by atomic mass is 16.2. The largest absolute Gasteiger partial charge is 0.366 e. The summed E-state index contributed by atoms with van der Waals surface area (Å²) in [6.07, 6.45) is 8.30. The van der Waals surface area contributed by atoms with E-state index < -0.39 is 5.91 Å². The quantitative estimate of drug-likeness (QED) is 0.542. The molecule has 1 saturated carbocycles. The molecule has 0 radical (unpaired) electrons. The first-order valence-corrected chi connectivity index (χ1v) is 13.2. The minimum absolute atomic E-state index is 0.0886. The standard InChI is InChI=1S/C29H36N4O3/c1-16(2)10-20-12-24(17(3)11-25(20)28(30)35)29(36)32-21-13-22-7-8-23(14-21)33(22)26-9-6-19(15-31-26)27(34)18-4-5-18/h6,9,11-12,15-16,18,21-23H,4-5,7-8,10,13-14H2,1-3H3,(H2,30,35)(H,32,36). The van der Waals surface area contributed by atoms with Gasteiger partial charge in [-0.25, -0.2) is 4.98 Å². The van der Waals surface area contributed by atoms with E-state index in [9.17, 15) is 14.4 Å². The Balaban J connectivity index is 1.27. The molecule has 190 valence electrons. The number of nitrogens with two attached hydrogens (primary N) is 1. The second-order valence-corrected chi connectivity index (χ2v) is 11.3. The van der Waals surface area contributed by atoms with Crippen molar-refractivity contribution in [3.05, 3.63) is 58.3 Å². The van der Waals surface area contributed by atoms with Crippen LogP contribution in [0.4, 0.5) is 5.82 Å².